The Bertz CT molecular complexity index is 307. The molecule has 1 aromatic carbocycles. The van der Waals surface area contributed by atoms with Crippen LogP contribution in [0.1, 0.15) is 5.56 Å². The maximum Gasteiger partial charge on any atom is 0.161 e. The molecular weight excluding hydrogens is 316 g/mol. The minimum Gasteiger partial charge on any atom is -0.493 e. The second-order valence-corrected chi connectivity index (χ2v) is 3.66. The summed E-state index contributed by atoms with van der Waals surface area (Å²) in [5, 5.41) is 0. The molecule has 80 valence electrons. The maximum absolute atomic E-state index is 5.56. The lowest BCUT2D eigenvalue weighted by atomic mass is 10.2. The SMILES string of the molecule is COc1cc(I)c(CN)cc1OC.Cl. The van der Waals surface area contributed by atoms with E-state index in [1.54, 1.807) is 14.2 Å². The van der Waals surface area contributed by atoms with Crippen LogP contribution in [-0.4, -0.2) is 14.2 Å². The predicted octanol–water partition coefficient (Wildman–Crippen LogP) is 2.19. The van der Waals surface area contributed by atoms with Crippen LogP contribution in [0.5, 0.6) is 11.5 Å². The highest BCUT2D eigenvalue weighted by atomic mass is 127. The molecule has 0 saturated heterocycles. The van der Waals surface area contributed by atoms with Crippen LogP contribution >= 0.6 is 35.0 Å². The van der Waals surface area contributed by atoms with Gasteiger partial charge >= 0.3 is 0 Å². The summed E-state index contributed by atoms with van der Waals surface area (Å²) < 4.78 is 11.4. The molecule has 14 heavy (non-hydrogen) atoms. The van der Waals surface area contributed by atoms with Crippen LogP contribution in [0, 0.1) is 3.57 Å². The summed E-state index contributed by atoms with van der Waals surface area (Å²) >= 11 is 2.23. The van der Waals surface area contributed by atoms with Crippen molar-refractivity contribution in [3.8, 4) is 11.5 Å². The molecule has 0 aliphatic carbocycles. The fourth-order valence-electron chi connectivity index (χ4n) is 1.05. The lowest BCUT2D eigenvalue weighted by Gasteiger charge is -2.10. The topological polar surface area (TPSA) is 44.5 Å². The van der Waals surface area contributed by atoms with Crippen molar-refractivity contribution in [2.75, 3.05) is 14.2 Å². The van der Waals surface area contributed by atoms with Gasteiger partial charge in [-0.2, -0.15) is 0 Å². The van der Waals surface area contributed by atoms with Gasteiger partial charge < -0.3 is 15.2 Å². The standard InChI is InChI=1S/C9H12INO2.ClH/c1-12-8-3-6(5-11)7(10)4-9(8)13-2;/h3-4H,5,11H2,1-2H3;1H. The van der Waals surface area contributed by atoms with Gasteiger partial charge in [0.2, 0.25) is 0 Å². The molecule has 0 amide bonds. The molecule has 2 N–H and O–H groups in total. The molecule has 0 spiro atoms. The Morgan fingerprint density at radius 3 is 2.14 bits per heavy atom. The van der Waals surface area contributed by atoms with E-state index in [1.807, 2.05) is 12.1 Å². The van der Waals surface area contributed by atoms with Gasteiger partial charge in [0.25, 0.3) is 0 Å². The van der Waals surface area contributed by atoms with E-state index >= 15 is 0 Å². The van der Waals surface area contributed by atoms with Gasteiger partial charge in [-0.05, 0) is 40.3 Å². The van der Waals surface area contributed by atoms with Gasteiger partial charge in [0, 0.05) is 10.1 Å². The molecule has 0 aliphatic heterocycles. The Morgan fingerprint density at radius 1 is 1.21 bits per heavy atom. The number of ether oxygens (including phenoxy) is 2. The van der Waals surface area contributed by atoms with Crippen LogP contribution in [0.3, 0.4) is 0 Å². The molecule has 1 aromatic rings. The van der Waals surface area contributed by atoms with Crippen molar-refractivity contribution in [1.82, 2.24) is 0 Å². The molecule has 1 rings (SSSR count). The number of hydrogen-bond acceptors (Lipinski definition) is 3. The molecule has 5 heteroatoms. The number of methoxy groups -OCH3 is 2. The molecule has 0 radical (unpaired) electrons. The zero-order valence-corrected chi connectivity index (χ0v) is 11.0. The molecule has 3 nitrogen and oxygen atoms in total. The predicted molar refractivity (Wildman–Crippen MR) is 67.4 cm³/mol. The Labute approximate surface area is 104 Å². The Kier molecular flexibility index (Phi) is 6.22. The van der Waals surface area contributed by atoms with Crippen molar-refractivity contribution in [1.29, 1.82) is 0 Å². The van der Waals surface area contributed by atoms with Gasteiger partial charge in [-0.3, -0.25) is 0 Å². The summed E-state index contributed by atoms with van der Waals surface area (Å²) in [4.78, 5) is 0. The summed E-state index contributed by atoms with van der Waals surface area (Å²) in [6.45, 7) is 0.513. The zero-order valence-electron chi connectivity index (χ0n) is 8.04. The van der Waals surface area contributed by atoms with Gasteiger partial charge in [-0.15, -0.1) is 12.4 Å². The first kappa shape index (κ1) is 13.8. The van der Waals surface area contributed by atoms with E-state index in [9.17, 15) is 0 Å². The molecular formula is C9H13ClINO2. The number of rotatable bonds is 3. The van der Waals surface area contributed by atoms with Crippen molar-refractivity contribution < 1.29 is 9.47 Å². The number of hydrogen-bond donors (Lipinski definition) is 1. The zero-order chi connectivity index (χ0) is 9.84. The molecule has 0 fully saturated rings. The third-order valence-corrected chi connectivity index (χ3v) is 2.78. The average Bonchev–Trinajstić information content (AvgIpc) is 2.17. The summed E-state index contributed by atoms with van der Waals surface area (Å²) in [6.07, 6.45) is 0. The van der Waals surface area contributed by atoms with E-state index in [0.29, 0.717) is 6.54 Å². The minimum absolute atomic E-state index is 0. The highest BCUT2D eigenvalue weighted by Crippen LogP contribution is 2.30. The second-order valence-electron chi connectivity index (χ2n) is 2.50. The monoisotopic (exact) mass is 329 g/mol. The van der Waals surface area contributed by atoms with Gasteiger partial charge in [0.1, 0.15) is 0 Å². The van der Waals surface area contributed by atoms with Crippen LogP contribution in [0.4, 0.5) is 0 Å². The van der Waals surface area contributed by atoms with E-state index in [4.69, 9.17) is 15.2 Å². The van der Waals surface area contributed by atoms with E-state index in [1.165, 1.54) is 0 Å². The van der Waals surface area contributed by atoms with Gasteiger partial charge in [0.05, 0.1) is 14.2 Å². The molecule has 0 atom stereocenters. The van der Waals surface area contributed by atoms with Gasteiger partial charge in [-0.25, -0.2) is 0 Å². The Balaban J connectivity index is 0.00000169. The van der Waals surface area contributed by atoms with Crippen molar-refractivity contribution >= 4 is 35.0 Å². The van der Waals surface area contributed by atoms with Gasteiger partial charge in [-0.1, -0.05) is 0 Å². The molecule has 0 aromatic heterocycles. The van der Waals surface area contributed by atoms with E-state index in [-0.39, 0.29) is 12.4 Å². The Hall–Kier alpha value is -0.200. The molecule has 0 saturated carbocycles. The highest BCUT2D eigenvalue weighted by Gasteiger charge is 2.07. The number of halogens is 2. The minimum atomic E-state index is 0. The van der Waals surface area contributed by atoms with Crippen molar-refractivity contribution in [2.45, 2.75) is 6.54 Å². The quantitative estimate of drug-likeness (QED) is 0.865. The van der Waals surface area contributed by atoms with Crippen LogP contribution in [0.25, 0.3) is 0 Å². The normalized spacial score (nSPS) is 9.14. The average molecular weight is 330 g/mol. The van der Waals surface area contributed by atoms with Crippen molar-refractivity contribution in [3.05, 3.63) is 21.3 Å². The smallest absolute Gasteiger partial charge is 0.161 e. The fraction of sp³-hybridized carbons (Fsp3) is 0.333. The van der Waals surface area contributed by atoms with Crippen LogP contribution in [0.2, 0.25) is 0 Å². The number of benzene rings is 1. The molecule has 0 unspecified atom stereocenters. The molecule has 0 aliphatic rings. The maximum atomic E-state index is 5.56. The summed E-state index contributed by atoms with van der Waals surface area (Å²) in [6, 6.07) is 3.82. The van der Waals surface area contributed by atoms with Crippen molar-refractivity contribution in [3.63, 3.8) is 0 Å². The third kappa shape index (κ3) is 2.90. The van der Waals surface area contributed by atoms with E-state index in [0.717, 1.165) is 20.6 Å². The van der Waals surface area contributed by atoms with Crippen LogP contribution in [0.15, 0.2) is 12.1 Å². The van der Waals surface area contributed by atoms with Crippen molar-refractivity contribution in [2.24, 2.45) is 5.73 Å². The summed E-state index contributed by atoms with van der Waals surface area (Å²) in [7, 11) is 3.24. The van der Waals surface area contributed by atoms with Crippen LogP contribution < -0.4 is 15.2 Å². The fourth-order valence-corrected chi connectivity index (χ4v) is 1.71. The summed E-state index contributed by atoms with van der Waals surface area (Å²) in [5.41, 5.74) is 6.63. The van der Waals surface area contributed by atoms with Crippen LogP contribution in [-0.2, 0) is 6.54 Å². The largest absolute Gasteiger partial charge is 0.493 e. The second kappa shape index (κ2) is 6.31. The third-order valence-electron chi connectivity index (χ3n) is 1.77. The van der Waals surface area contributed by atoms with E-state index < -0.39 is 0 Å². The van der Waals surface area contributed by atoms with E-state index in [2.05, 4.69) is 22.6 Å². The first-order valence-electron chi connectivity index (χ1n) is 3.83. The molecule has 0 heterocycles. The molecule has 0 bridgehead atoms. The lowest BCUT2D eigenvalue weighted by molar-refractivity contribution is 0.354. The highest BCUT2D eigenvalue weighted by molar-refractivity contribution is 14.1. The number of nitrogens with two attached hydrogens (primary N) is 1. The van der Waals surface area contributed by atoms with Gasteiger partial charge in [0.15, 0.2) is 11.5 Å². The first-order valence-corrected chi connectivity index (χ1v) is 4.91. The Morgan fingerprint density at radius 2 is 1.71 bits per heavy atom. The lowest BCUT2D eigenvalue weighted by Crippen LogP contribution is -2.01. The first-order chi connectivity index (χ1) is 6.22. The summed E-state index contributed by atoms with van der Waals surface area (Å²) in [5.74, 6) is 1.47.